The van der Waals surface area contributed by atoms with Crippen molar-refractivity contribution >= 4 is 46.8 Å². The molecule has 0 unspecified atom stereocenters. The van der Waals surface area contributed by atoms with Crippen molar-refractivity contribution in [3.8, 4) is 17.2 Å². The Kier molecular flexibility index (Phi) is 6.80. The van der Waals surface area contributed by atoms with Crippen LogP contribution in [0.2, 0.25) is 15.1 Å². The molecule has 0 radical (unpaired) electrons. The summed E-state index contributed by atoms with van der Waals surface area (Å²) in [5.41, 5.74) is 3.05. The van der Waals surface area contributed by atoms with E-state index < -0.39 is 5.97 Å². The van der Waals surface area contributed by atoms with Crippen LogP contribution >= 0.6 is 34.8 Å². The summed E-state index contributed by atoms with van der Waals surface area (Å²) in [6.45, 7) is 0.336. The van der Waals surface area contributed by atoms with Gasteiger partial charge in [-0.2, -0.15) is 0 Å². The van der Waals surface area contributed by atoms with Gasteiger partial charge >= 0.3 is 5.97 Å². The summed E-state index contributed by atoms with van der Waals surface area (Å²) >= 11 is 18.9. The number of carboxylic acid groups (broad SMARTS) is 1. The van der Waals surface area contributed by atoms with Gasteiger partial charge in [0.25, 0.3) is 0 Å². The van der Waals surface area contributed by atoms with Crippen molar-refractivity contribution in [3.05, 3.63) is 91.9 Å². The van der Waals surface area contributed by atoms with Crippen molar-refractivity contribution in [2.45, 2.75) is 13.0 Å². The molecular formula is C24H17Cl3O5. The third-order valence-corrected chi connectivity index (χ3v) is 5.95. The van der Waals surface area contributed by atoms with Crippen molar-refractivity contribution in [1.82, 2.24) is 0 Å². The molecule has 0 saturated heterocycles. The van der Waals surface area contributed by atoms with Crippen LogP contribution in [0.4, 0.5) is 0 Å². The molecule has 4 rings (SSSR count). The van der Waals surface area contributed by atoms with Crippen LogP contribution in [0.3, 0.4) is 0 Å². The van der Waals surface area contributed by atoms with E-state index >= 15 is 0 Å². The molecule has 0 amide bonds. The van der Waals surface area contributed by atoms with Crippen LogP contribution in [-0.2, 0) is 17.8 Å². The van der Waals surface area contributed by atoms with Crippen LogP contribution < -0.4 is 14.2 Å². The summed E-state index contributed by atoms with van der Waals surface area (Å²) in [6.07, 6.45) is 3.05. The summed E-state index contributed by atoms with van der Waals surface area (Å²) < 4.78 is 16.7. The summed E-state index contributed by atoms with van der Waals surface area (Å²) in [5.74, 6) is 0.761. The fourth-order valence-electron chi connectivity index (χ4n) is 3.27. The van der Waals surface area contributed by atoms with Gasteiger partial charge in [-0.3, -0.25) is 0 Å². The van der Waals surface area contributed by atoms with Gasteiger partial charge in [0.15, 0.2) is 11.5 Å². The van der Waals surface area contributed by atoms with Crippen molar-refractivity contribution in [2.24, 2.45) is 0 Å². The largest absolute Gasteiger partial charge is 0.489 e. The Morgan fingerprint density at radius 3 is 2.41 bits per heavy atom. The fourth-order valence-corrected chi connectivity index (χ4v) is 4.00. The van der Waals surface area contributed by atoms with Gasteiger partial charge in [0.1, 0.15) is 12.4 Å². The molecule has 0 spiro atoms. The minimum Gasteiger partial charge on any atom is -0.489 e. The lowest BCUT2D eigenvalue weighted by Crippen LogP contribution is -2.00. The number of ether oxygens (including phenoxy) is 3. The Morgan fingerprint density at radius 2 is 1.69 bits per heavy atom. The monoisotopic (exact) mass is 490 g/mol. The minimum absolute atomic E-state index is 0.148. The molecule has 1 aliphatic heterocycles. The number of hydrogen-bond donors (Lipinski definition) is 1. The second-order valence-corrected chi connectivity index (χ2v) is 8.22. The maximum absolute atomic E-state index is 11.0. The molecule has 0 aromatic heterocycles. The lowest BCUT2D eigenvalue weighted by molar-refractivity contribution is -0.131. The first-order valence-corrected chi connectivity index (χ1v) is 10.7. The molecule has 0 atom stereocenters. The summed E-state index contributed by atoms with van der Waals surface area (Å²) in [6, 6.07) is 14.2. The van der Waals surface area contributed by atoms with Crippen molar-refractivity contribution in [3.63, 3.8) is 0 Å². The Morgan fingerprint density at radius 1 is 0.969 bits per heavy atom. The zero-order valence-corrected chi connectivity index (χ0v) is 18.9. The van der Waals surface area contributed by atoms with E-state index in [-0.39, 0.29) is 13.4 Å². The Bertz CT molecular complexity index is 1190. The van der Waals surface area contributed by atoms with Gasteiger partial charge in [0.05, 0.1) is 0 Å². The van der Waals surface area contributed by atoms with Gasteiger partial charge in [0, 0.05) is 32.8 Å². The fraction of sp³-hybridized carbons (Fsp3) is 0.125. The highest BCUT2D eigenvalue weighted by atomic mass is 35.5. The third-order valence-electron chi connectivity index (χ3n) is 4.89. The summed E-state index contributed by atoms with van der Waals surface area (Å²) in [5, 5.41) is 10.6. The van der Waals surface area contributed by atoms with Gasteiger partial charge in [-0.05, 0) is 59.5 Å². The van der Waals surface area contributed by atoms with Crippen molar-refractivity contribution < 1.29 is 24.1 Å². The second kappa shape index (κ2) is 9.74. The molecule has 5 nitrogen and oxygen atoms in total. The number of rotatable bonds is 7. The lowest BCUT2D eigenvalue weighted by Gasteiger charge is -2.13. The lowest BCUT2D eigenvalue weighted by atomic mass is 9.98. The van der Waals surface area contributed by atoms with E-state index in [1.165, 1.54) is 6.08 Å². The number of aliphatic carboxylic acids is 1. The van der Waals surface area contributed by atoms with E-state index in [9.17, 15) is 4.79 Å². The van der Waals surface area contributed by atoms with Crippen LogP contribution in [0.1, 0.15) is 22.3 Å². The average molecular weight is 492 g/mol. The maximum atomic E-state index is 11.0. The summed E-state index contributed by atoms with van der Waals surface area (Å²) in [7, 11) is 0. The zero-order chi connectivity index (χ0) is 22.7. The normalized spacial score (nSPS) is 12.3. The minimum atomic E-state index is -1.04. The van der Waals surface area contributed by atoms with E-state index in [2.05, 4.69) is 0 Å². The SMILES string of the molecule is O=C(O)C=Cc1ccc(OCc2c(Cl)cccc2Cl)cc1Cc1cc2c(cc1Cl)OCO2. The molecule has 1 N–H and O–H groups in total. The van der Waals surface area contributed by atoms with Gasteiger partial charge in [-0.1, -0.05) is 46.9 Å². The first-order valence-electron chi connectivity index (χ1n) is 9.58. The van der Waals surface area contributed by atoms with E-state index in [4.69, 9.17) is 54.1 Å². The van der Waals surface area contributed by atoms with E-state index in [0.29, 0.717) is 44.3 Å². The standard InChI is InChI=1S/C24H17Cl3O5/c25-19-2-1-3-20(26)18(19)12-30-17-6-4-14(5-7-24(28)29)15(9-17)8-16-10-22-23(11-21(16)27)32-13-31-22/h1-7,9-11H,8,12-13H2,(H,28,29). The first kappa shape index (κ1) is 22.3. The van der Waals surface area contributed by atoms with E-state index in [0.717, 1.165) is 22.8 Å². The van der Waals surface area contributed by atoms with Crippen LogP contribution in [0.5, 0.6) is 17.2 Å². The number of hydrogen-bond acceptors (Lipinski definition) is 4. The zero-order valence-electron chi connectivity index (χ0n) is 16.6. The number of carboxylic acids is 1. The molecule has 0 fully saturated rings. The molecule has 0 saturated carbocycles. The van der Waals surface area contributed by atoms with Crippen molar-refractivity contribution in [1.29, 1.82) is 0 Å². The van der Waals surface area contributed by atoms with E-state index in [1.54, 1.807) is 36.4 Å². The number of fused-ring (bicyclic) bond motifs is 1. The Hall–Kier alpha value is -2.86. The molecule has 32 heavy (non-hydrogen) atoms. The highest BCUT2D eigenvalue weighted by Crippen LogP contribution is 2.38. The maximum Gasteiger partial charge on any atom is 0.328 e. The van der Waals surface area contributed by atoms with Crippen molar-refractivity contribution in [2.75, 3.05) is 6.79 Å². The Balaban J connectivity index is 1.63. The van der Waals surface area contributed by atoms with E-state index in [1.807, 2.05) is 12.1 Å². The molecule has 1 aliphatic rings. The molecule has 3 aromatic carbocycles. The molecule has 3 aromatic rings. The van der Waals surface area contributed by atoms with Gasteiger partial charge in [-0.25, -0.2) is 4.79 Å². The van der Waals surface area contributed by atoms with Gasteiger partial charge in [-0.15, -0.1) is 0 Å². The topological polar surface area (TPSA) is 65.0 Å². The highest BCUT2D eigenvalue weighted by Gasteiger charge is 2.17. The molecule has 0 bridgehead atoms. The number of benzene rings is 3. The third kappa shape index (κ3) is 5.13. The quantitative estimate of drug-likeness (QED) is 0.375. The average Bonchev–Trinajstić information content (AvgIpc) is 3.20. The first-order chi connectivity index (χ1) is 15.4. The number of halogens is 3. The predicted octanol–water partition coefficient (Wildman–Crippen LogP) is 6.64. The van der Waals surface area contributed by atoms with Gasteiger partial charge in [0.2, 0.25) is 6.79 Å². The second-order valence-electron chi connectivity index (χ2n) is 6.99. The predicted molar refractivity (Wildman–Crippen MR) is 124 cm³/mol. The molecule has 1 heterocycles. The number of carbonyl (C=O) groups is 1. The Labute approximate surface area is 199 Å². The van der Waals surface area contributed by atoms with Crippen LogP contribution in [0.25, 0.3) is 6.08 Å². The molecule has 8 heteroatoms. The smallest absolute Gasteiger partial charge is 0.328 e. The van der Waals surface area contributed by atoms with Crippen LogP contribution in [-0.4, -0.2) is 17.9 Å². The van der Waals surface area contributed by atoms with Crippen LogP contribution in [0.15, 0.2) is 54.6 Å². The summed E-state index contributed by atoms with van der Waals surface area (Å²) in [4.78, 5) is 11.0. The highest BCUT2D eigenvalue weighted by molar-refractivity contribution is 6.36. The molecule has 0 aliphatic carbocycles. The van der Waals surface area contributed by atoms with Crippen LogP contribution in [0, 0.1) is 0 Å². The molecular weight excluding hydrogens is 475 g/mol. The van der Waals surface area contributed by atoms with Gasteiger partial charge < -0.3 is 19.3 Å². The molecule has 164 valence electrons.